The van der Waals surface area contributed by atoms with Gasteiger partial charge in [-0.05, 0) is 21.0 Å². The molecule has 0 aliphatic rings. The van der Waals surface area contributed by atoms with Crippen LogP contribution in [0.15, 0.2) is 0 Å². The van der Waals surface area contributed by atoms with Crippen LogP contribution in [-0.4, -0.2) is 49.9 Å². The Morgan fingerprint density at radius 2 is 1.42 bits per heavy atom. The monoisotopic (exact) mass is 174 g/mol. The zero-order chi connectivity index (χ0) is 10.3. The fourth-order valence-corrected chi connectivity index (χ4v) is 0.595. The first-order chi connectivity index (χ1) is 5.46. The van der Waals surface area contributed by atoms with E-state index in [4.69, 9.17) is 0 Å². The van der Waals surface area contributed by atoms with Crippen molar-refractivity contribution in [3.05, 3.63) is 0 Å². The molecule has 12 heavy (non-hydrogen) atoms. The summed E-state index contributed by atoms with van der Waals surface area (Å²) in [6, 6.07) is -0.0185. The quantitative estimate of drug-likeness (QED) is 0.625. The second-order valence-electron chi connectivity index (χ2n) is 2.87. The van der Waals surface area contributed by atoms with Gasteiger partial charge in [0, 0.05) is 14.1 Å². The second-order valence-corrected chi connectivity index (χ2v) is 2.87. The normalized spacial score (nSPS) is 11.7. The molecule has 74 valence electrons. The van der Waals surface area contributed by atoms with Crippen molar-refractivity contribution in [2.75, 3.05) is 28.2 Å². The smallest absolute Gasteiger partial charge is 0.239 e. The highest BCUT2D eigenvalue weighted by Crippen LogP contribution is 1.94. The Labute approximate surface area is 76.3 Å². The first-order valence-corrected chi connectivity index (χ1v) is 4.34. The number of rotatable bonds is 2. The molecule has 3 nitrogen and oxygen atoms in total. The topological polar surface area (TPSA) is 23.6 Å². The Bertz CT molecular complexity index is 122. The summed E-state index contributed by atoms with van der Waals surface area (Å²) in [5.41, 5.74) is 0. The van der Waals surface area contributed by atoms with Gasteiger partial charge in [0.2, 0.25) is 5.91 Å². The van der Waals surface area contributed by atoms with Crippen molar-refractivity contribution in [1.29, 1.82) is 0 Å². The van der Waals surface area contributed by atoms with E-state index in [1.807, 2.05) is 39.8 Å². The molecule has 1 amide bonds. The van der Waals surface area contributed by atoms with Crippen LogP contribution in [0.2, 0.25) is 0 Å². The van der Waals surface area contributed by atoms with Gasteiger partial charge in [0.25, 0.3) is 0 Å². The number of hydrogen-bond acceptors (Lipinski definition) is 2. The molecule has 0 rings (SSSR count). The molecule has 3 heteroatoms. The van der Waals surface area contributed by atoms with Crippen molar-refractivity contribution in [3.63, 3.8) is 0 Å². The molecule has 0 spiro atoms. The third-order valence-corrected chi connectivity index (χ3v) is 1.57. The van der Waals surface area contributed by atoms with Gasteiger partial charge < -0.3 is 4.90 Å². The molecule has 0 aliphatic carbocycles. The largest absolute Gasteiger partial charge is 0.347 e. The summed E-state index contributed by atoms with van der Waals surface area (Å²) in [6.45, 7) is 5.89. The van der Waals surface area contributed by atoms with Gasteiger partial charge in [0.05, 0.1) is 6.04 Å². The van der Waals surface area contributed by atoms with Crippen molar-refractivity contribution in [3.8, 4) is 0 Å². The van der Waals surface area contributed by atoms with Gasteiger partial charge in [-0.1, -0.05) is 13.8 Å². The fraction of sp³-hybridized carbons (Fsp3) is 0.889. The lowest BCUT2D eigenvalue weighted by atomic mass is 10.3. The van der Waals surface area contributed by atoms with Crippen LogP contribution in [0.3, 0.4) is 0 Å². The summed E-state index contributed by atoms with van der Waals surface area (Å²) in [5.74, 6) is 0.144. The predicted molar refractivity (Wildman–Crippen MR) is 53.2 cm³/mol. The third kappa shape index (κ3) is 5.13. The maximum Gasteiger partial charge on any atom is 0.239 e. The molecule has 0 aromatic heterocycles. The lowest BCUT2D eigenvalue weighted by molar-refractivity contribution is -0.132. The average Bonchev–Trinajstić information content (AvgIpc) is 2.05. The number of carbonyl (C=O) groups excluding carboxylic acids is 1. The second kappa shape index (κ2) is 7.10. The molecule has 0 bridgehead atoms. The van der Waals surface area contributed by atoms with E-state index in [1.54, 1.807) is 19.0 Å². The van der Waals surface area contributed by atoms with E-state index in [1.165, 1.54) is 0 Å². The highest BCUT2D eigenvalue weighted by atomic mass is 16.2. The summed E-state index contributed by atoms with van der Waals surface area (Å²) >= 11 is 0. The molecule has 0 radical (unpaired) electrons. The predicted octanol–water partition coefficient (Wildman–Crippen LogP) is 1.05. The third-order valence-electron chi connectivity index (χ3n) is 1.57. The molecule has 0 aromatic rings. The Balaban J connectivity index is 0. The summed E-state index contributed by atoms with van der Waals surface area (Å²) in [4.78, 5) is 14.7. The summed E-state index contributed by atoms with van der Waals surface area (Å²) in [6.07, 6.45) is 0. The van der Waals surface area contributed by atoms with Crippen LogP contribution in [0.1, 0.15) is 20.8 Å². The molecule has 0 heterocycles. The lowest BCUT2D eigenvalue weighted by Crippen LogP contribution is -2.40. The van der Waals surface area contributed by atoms with E-state index in [0.717, 1.165) is 0 Å². The van der Waals surface area contributed by atoms with Gasteiger partial charge in [0.15, 0.2) is 0 Å². The van der Waals surface area contributed by atoms with Crippen LogP contribution in [0.25, 0.3) is 0 Å². The molecule has 0 N–H and O–H groups in total. The van der Waals surface area contributed by atoms with Crippen LogP contribution >= 0.6 is 0 Å². The molecule has 0 aliphatic heterocycles. The molecule has 0 fully saturated rings. The van der Waals surface area contributed by atoms with Gasteiger partial charge in [-0.3, -0.25) is 9.69 Å². The van der Waals surface area contributed by atoms with Gasteiger partial charge in [-0.15, -0.1) is 0 Å². The van der Waals surface area contributed by atoms with Crippen LogP contribution in [0.4, 0.5) is 0 Å². The number of amides is 1. The first kappa shape index (κ1) is 14.0. The van der Waals surface area contributed by atoms with Crippen molar-refractivity contribution < 1.29 is 4.79 Å². The van der Waals surface area contributed by atoms with E-state index in [-0.39, 0.29) is 11.9 Å². The Morgan fingerprint density at radius 1 is 1.08 bits per heavy atom. The van der Waals surface area contributed by atoms with Gasteiger partial charge in [0.1, 0.15) is 0 Å². The minimum Gasteiger partial charge on any atom is -0.347 e. The van der Waals surface area contributed by atoms with Gasteiger partial charge >= 0.3 is 0 Å². The maximum atomic E-state index is 11.2. The van der Waals surface area contributed by atoms with E-state index in [0.29, 0.717) is 0 Å². The minimum atomic E-state index is -0.0185. The average molecular weight is 174 g/mol. The SMILES string of the molecule is CC.CC(C(=O)N(C)C)N(C)C. The fourth-order valence-electron chi connectivity index (χ4n) is 0.595. The number of likely N-dealkylation sites (N-methyl/N-ethyl adjacent to an activating group) is 2. The molecule has 1 unspecified atom stereocenters. The zero-order valence-electron chi connectivity index (χ0n) is 9.38. The van der Waals surface area contributed by atoms with E-state index in [2.05, 4.69) is 0 Å². The van der Waals surface area contributed by atoms with Crippen molar-refractivity contribution in [1.82, 2.24) is 9.80 Å². The summed E-state index contributed by atoms with van der Waals surface area (Å²) < 4.78 is 0. The highest BCUT2D eigenvalue weighted by Gasteiger charge is 2.15. The van der Waals surface area contributed by atoms with Crippen LogP contribution < -0.4 is 0 Å². The van der Waals surface area contributed by atoms with E-state index < -0.39 is 0 Å². The van der Waals surface area contributed by atoms with E-state index >= 15 is 0 Å². The summed E-state index contributed by atoms with van der Waals surface area (Å²) in [5, 5.41) is 0. The number of nitrogens with zero attached hydrogens (tertiary/aromatic N) is 2. The number of carbonyl (C=O) groups is 1. The van der Waals surface area contributed by atoms with E-state index in [9.17, 15) is 4.79 Å². The molecule has 0 saturated heterocycles. The summed E-state index contributed by atoms with van der Waals surface area (Å²) in [7, 11) is 7.32. The number of hydrogen-bond donors (Lipinski definition) is 0. The van der Waals surface area contributed by atoms with Crippen molar-refractivity contribution in [2.24, 2.45) is 0 Å². The molecule has 1 atom stereocenters. The lowest BCUT2D eigenvalue weighted by Gasteiger charge is -2.22. The standard InChI is InChI=1S/C7H16N2O.C2H6/c1-6(8(2)3)7(10)9(4)5;1-2/h6H,1-5H3;1-2H3. The maximum absolute atomic E-state index is 11.2. The Morgan fingerprint density at radius 3 is 1.50 bits per heavy atom. The van der Waals surface area contributed by atoms with Crippen LogP contribution in [0, 0.1) is 0 Å². The Hall–Kier alpha value is -0.570. The molecular formula is C9H22N2O. The first-order valence-electron chi connectivity index (χ1n) is 4.34. The molecular weight excluding hydrogens is 152 g/mol. The minimum absolute atomic E-state index is 0.0185. The molecule has 0 aromatic carbocycles. The van der Waals surface area contributed by atoms with Gasteiger partial charge in [-0.2, -0.15) is 0 Å². The van der Waals surface area contributed by atoms with Gasteiger partial charge in [-0.25, -0.2) is 0 Å². The Kier molecular flexibility index (Phi) is 8.27. The van der Waals surface area contributed by atoms with Crippen molar-refractivity contribution >= 4 is 5.91 Å². The van der Waals surface area contributed by atoms with Crippen molar-refractivity contribution in [2.45, 2.75) is 26.8 Å². The van der Waals surface area contributed by atoms with Crippen LogP contribution in [-0.2, 0) is 4.79 Å². The highest BCUT2D eigenvalue weighted by molar-refractivity contribution is 5.80. The molecule has 0 saturated carbocycles. The van der Waals surface area contributed by atoms with Crippen LogP contribution in [0.5, 0.6) is 0 Å². The zero-order valence-corrected chi connectivity index (χ0v) is 9.38.